The number of ketones is 1. The van der Waals surface area contributed by atoms with Crippen LogP contribution < -0.4 is 0 Å². The summed E-state index contributed by atoms with van der Waals surface area (Å²) in [5.74, 6) is 2.77. The van der Waals surface area contributed by atoms with Gasteiger partial charge < -0.3 is 10.2 Å². The Bertz CT molecular complexity index is 861. The lowest BCUT2D eigenvalue weighted by Crippen LogP contribution is -2.67. The summed E-state index contributed by atoms with van der Waals surface area (Å²) < 4.78 is 0. The molecule has 0 unspecified atom stereocenters. The maximum absolute atomic E-state index is 13.1. The van der Waals surface area contributed by atoms with E-state index in [9.17, 15) is 15.0 Å². The third-order valence-corrected chi connectivity index (χ3v) is 13.3. The highest BCUT2D eigenvalue weighted by Crippen LogP contribution is 2.77. The van der Waals surface area contributed by atoms with Gasteiger partial charge in [-0.25, -0.2) is 0 Å². The minimum atomic E-state index is -0.814. The fourth-order valence-corrected chi connectivity index (χ4v) is 11.4. The van der Waals surface area contributed by atoms with Crippen molar-refractivity contribution in [1.29, 1.82) is 0 Å². The Morgan fingerprint density at radius 2 is 1.61 bits per heavy atom. The number of hydrogen-bond acceptors (Lipinski definition) is 3. The third-order valence-electron chi connectivity index (χ3n) is 13.3. The second kappa shape index (κ2) is 7.19. The highest BCUT2D eigenvalue weighted by molar-refractivity contribution is 5.85. The molecule has 0 radical (unpaired) electrons. The molecule has 10 atom stereocenters. The molecule has 5 rings (SSSR count). The van der Waals surface area contributed by atoms with Crippen LogP contribution in [0.15, 0.2) is 12.2 Å². The molecule has 0 bridgehead atoms. The zero-order chi connectivity index (χ0) is 24.2. The summed E-state index contributed by atoms with van der Waals surface area (Å²) in [7, 11) is 0. The standard InChI is InChI=1S/C30H48O3/c1-18(17-31)19-10-12-27(4)14-15-29(6)20(24(19)27)8-9-23-28(5)16-21(32)25(33)26(2,3)22(28)11-13-30(23,29)7/h19-20,22-25,31,33H,1,8-17H2,2-7H3/t19-,20+,22-,23+,24+,25-,27+,28-,29+,30+/m0/s1. The number of Topliss-reactive ketones (excluding diaryl/α,β-unsaturated/α-hetero) is 1. The molecule has 5 aliphatic carbocycles. The Morgan fingerprint density at radius 1 is 0.909 bits per heavy atom. The first-order chi connectivity index (χ1) is 15.3. The number of aliphatic hydroxyl groups excluding tert-OH is 2. The number of rotatable bonds is 2. The molecule has 0 aliphatic heterocycles. The number of hydrogen-bond donors (Lipinski definition) is 2. The molecular weight excluding hydrogens is 408 g/mol. The Hall–Kier alpha value is -0.670. The van der Waals surface area contributed by atoms with Gasteiger partial charge in [-0.3, -0.25) is 4.79 Å². The summed E-state index contributed by atoms with van der Waals surface area (Å²) in [6.45, 7) is 18.9. The Labute approximate surface area is 201 Å². The molecule has 5 fully saturated rings. The van der Waals surface area contributed by atoms with Gasteiger partial charge in [0, 0.05) is 11.8 Å². The normalized spacial score (nSPS) is 55.2. The van der Waals surface area contributed by atoms with Crippen molar-refractivity contribution >= 4 is 5.78 Å². The van der Waals surface area contributed by atoms with Gasteiger partial charge in [-0.05, 0) is 108 Å². The first-order valence-electron chi connectivity index (χ1n) is 13.8. The van der Waals surface area contributed by atoms with Gasteiger partial charge in [0.15, 0.2) is 5.78 Å². The van der Waals surface area contributed by atoms with Gasteiger partial charge in [-0.15, -0.1) is 0 Å². The quantitative estimate of drug-likeness (QED) is 0.488. The zero-order valence-corrected chi connectivity index (χ0v) is 22.0. The molecule has 0 saturated heterocycles. The predicted molar refractivity (Wildman–Crippen MR) is 132 cm³/mol. The molecule has 186 valence electrons. The molecule has 3 nitrogen and oxygen atoms in total. The van der Waals surface area contributed by atoms with E-state index in [1.165, 1.54) is 44.9 Å². The van der Waals surface area contributed by atoms with Crippen molar-refractivity contribution in [2.24, 2.45) is 56.7 Å². The minimum Gasteiger partial charge on any atom is -0.392 e. The molecule has 3 heteroatoms. The molecule has 2 N–H and O–H groups in total. The lowest BCUT2D eigenvalue weighted by atomic mass is 9.32. The Balaban J connectivity index is 1.55. The summed E-state index contributed by atoms with van der Waals surface area (Å²) in [5, 5.41) is 20.8. The van der Waals surface area contributed by atoms with Gasteiger partial charge >= 0.3 is 0 Å². The van der Waals surface area contributed by atoms with E-state index in [1.807, 2.05) is 0 Å². The number of carbonyl (C=O) groups excluding carboxylic acids is 1. The fraction of sp³-hybridized carbons (Fsp3) is 0.900. The van der Waals surface area contributed by atoms with Crippen LogP contribution in [0.5, 0.6) is 0 Å². The predicted octanol–water partition coefficient (Wildman–Crippen LogP) is 6.18. The first-order valence-corrected chi connectivity index (χ1v) is 13.8. The molecular formula is C30H48O3. The van der Waals surface area contributed by atoms with Crippen molar-refractivity contribution in [2.75, 3.05) is 6.61 Å². The summed E-state index contributed by atoms with van der Waals surface area (Å²) in [6, 6.07) is 0. The summed E-state index contributed by atoms with van der Waals surface area (Å²) in [6.07, 6.45) is 9.55. The van der Waals surface area contributed by atoms with Crippen molar-refractivity contribution in [2.45, 2.75) is 105 Å². The van der Waals surface area contributed by atoms with Crippen molar-refractivity contribution in [3.8, 4) is 0 Å². The van der Waals surface area contributed by atoms with Gasteiger partial charge in [0.2, 0.25) is 0 Å². The third kappa shape index (κ3) is 2.85. The van der Waals surface area contributed by atoms with E-state index in [2.05, 4.69) is 48.1 Å². The van der Waals surface area contributed by atoms with E-state index in [-0.39, 0.29) is 34.1 Å². The molecule has 0 aromatic rings. The highest BCUT2D eigenvalue weighted by atomic mass is 16.3. The van der Waals surface area contributed by atoms with E-state index in [4.69, 9.17) is 0 Å². The number of aliphatic hydroxyl groups is 2. The van der Waals surface area contributed by atoms with Crippen molar-refractivity contribution in [1.82, 2.24) is 0 Å². The largest absolute Gasteiger partial charge is 0.392 e. The summed E-state index contributed by atoms with van der Waals surface area (Å²) >= 11 is 0. The molecule has 33 heavy (non-hydrogen) atoms. The van der Waals surface area contributed by atoms with Crippen LogP contribution in [0, 0.1) is 56.7 Å². The minimum absolute atomic E-state index is 0.0225. The van der Waals surface area contributed by atoms with Crippen molar-refractivity contribution in [3.63, 3.8) is 0 Å². The van der Waals surface area contributed by atoms with E-state index in [0.29, 0.717) is 41.4 Å². The lowest BCUT2D eigenvalue weighted by molar-refractivity contribution is -0.241. The van der Waals surface area contributed by atoms with Gasteiger partial charge in [-0.2, -0.15) is 0 Å². The van der Waals surface area contributed by atoms with Crippen LogP contribution in [0.3, 0.4) is 0 Å². The maximum Gasteiger partial charge on any atom is 0.162 e. The monoisotopic (exact) mass is 456 g/mol. The van der Waals surface area contributed by atoms with Crippen LogP contribution >= 0.6 is 0 Å². The number of carbonyl (C=O) groups is 1. The SMILES string of the molecule is C=C(CO)[C@@H]1CC[C@]2(C)CC[C@]3(C)[C@H](CC[C@@H]4[C@@]5(C)CC(=O)[C@H](O)C(C)(C)[C@@H]5CC[C@]43C)[C@@H]12. The second-order valence-electron chi connectivity index (χ2n) is 14.7. The van der Waals surface area contributed by atoms with Crippen molar-refractivity contribution < 1.29 is 15.0 Å². The van der Waals surface area contributed by atoms with E-state index >= 15 is 0 Å². The topological polar surface area (TPSA) is 57.5 Å². The van der Waals surface area contributed by atoms with Crippen molar-refractivity contribution in [3.05, 3.63) is 12.2 Å². The van der Waals surface area contributed by atoms with Gasteiger partial charge in [0.25, 0.3) is 0 Å². The molecule has 5 aliphatic rings. The number of fused-ring (bicyclic) bond motifs is 7. The van der Waals surface area contributed by atoms with Crippen LogP contribution in [-0.2, 0) is 4.79 Å². The Kier molecular flexibility index (Phi) is 5.24. The average molecular weight is 457 g/mol. The Morgan fingerprint density at radius 3 is 2.27 bits per heavy atom. The van der Waals surface area contributed by atoms with E-state index in [1.54, 1.807) is 0 Å². The lowest BCUT2D eigenvalue weighted by Gasteiger charge is -2.72. The van der Waals surface area contributed by atoms with Gasteiger partial charge in [0.1, 0.15) is 6.10 Å². The van der Waals surface area contributed by atoms with Crippen LogP contribution in [0.1, 0.15) is 99.3 Å². The van der Waals surface area contributed by atoms with Crippen LogP contribution in [-0.4, -0.2) is 28.7 Å². The van der Waals surface area contributed by atoms with Crippen LogP contribution in [0.25, 0.3) is 0 Å². The van der Waals surface area contributed by atoms with Crippen LogP contribution in [0.2, 0.25) is 0 Å². The van der Waals surface area contributed by atoms with E-state index in [0.717, 1.165) is 12.0 Å². The molecule has 0 amide bonds. The maximum atomic E-state index is 13.1. The molecule has 0 heterocycles. The van der Waals surface area contributed by atoms with Gasteiger partial charge in [-0.1, -0.05) is 48.1 Å². The molecule has 0 aromatic heterocycles. The molecule has 0 aromatic carbocycles. The van der Waals surface area contributed by atoms with Gasteiger partial charge in [0.05, 0.1) is 6.61 Å². The van der Waals surface area contributed by atoms with E-state index < -0.39 is 6.10 Å². The fourth-order valence-electron chi connectivity index (χ4n) is 11.4. The highest BCUT2D eigenvalue weighted by Gasteiger charge is 2.71. The summed E-state index contributed by atoms with van der Waals surface area (Å²) in [5.41, 5.74) is 1.55. The summed E-state index contributed by atoms with van der Waals surface area (Å²) in [4.78, 5) is 13.1. The molecule has 0 spiro atoms. The smallest absolute Gasteiger partial charge is 0.162 e. The average Bonchev–Trinajstić information content (AvgIpc) is 3.10. The molecule has 5 saturated carbocycles. The zero-order valence-electron chi connectivity index (χ0n) is 22.0. The van der Waals surface area contributed by atoms with Crippen LogP contribution in [0.4, 0.5) is 0 Å². The first kappa shape index (κ1) is 24.0. The second-order valence-corrected chi connectivity index (χ2v) is 14.7.